The third-order valence-corrected chi connectivity index (χ3v) is 5.63. The number of hydrogen-bond donors (Lipinski definition) is 0. The average Bonchev–Trinajstić information content (AvgIpc) is 3.20. The molecule has 2 saturated heterocycles. The first kappa shape index (κ1) is 15.8. The van der Waals surface area contributed by atoms with Gasteiger partial charge >= 0.3 is 0 Å². The van der Waals surface area contributed by atoms with E-state index in [1.165, 1.54) is 5.56 Å². The second kappa shape index (κ2) is 6.28. The van der Waals surface area contributed by atoms with E-state index in [4.69, 9.17) is 9.47 Å². The number of hydrogen-bond acceptors (Lipinski definition) is 4. The Labute approximate surface area is 143 Å². The summed E-state index contributed by atoms with van der Waals surface area (Å²) >= 11 is 0. The minimum Gasteiger partial charge on any atom is -0.454 e. The second-order valence-corrected chi connectivity index (χ2v) is 7.14. The van der Waals surface area contributed by atoms with Crippen molar-refractivity contribution in [3.63, 3.8) is 0 Å². The quantitative estimate of drug-likeness (QED) is 0.851. The second-order valence-electron chi connectivity index (χ2n) is 7.14. The summed E-state index contributed by atoms with van der Waals surface area (Å²) < 4.78 is 10.9. The number of nitrogens with zero attached hydrogens (tertiary/aromatic N) is 2. The van der Waals surface area contributed by atoms with Crippen LogP contribution in [0.2, 0.25) is 0 Å². The van der Waals surface area contributed by atoms with Crippen molar-refractivity contribution in [2.75, 3.05) is 26.4 Å². The summed E-state index contributed by atoms with van der Waals surface area (Å²) in [5, 5.41) is 0. The highest BCUT2D eigenvalue weighted by molar-refractivity contribution is 5.87. The van der Waals surface area contributed by atoms with Gasteiger partial charge in [0.05, 0.1) is 0 Å². The lowest BCUT2D eigenvalue weighted by Gasteiger charge is -2.44. The summed E-state index contributed by atoms with van der Waals surface area (Å²) in [4.78, 5) is 17.7. The summed E-state index contributed by atoms with van der Waals surface area (Å²) in [7, 11) is 0. The van der Waals surface area contributed by atoms with Crippen LogP contribution in [-0.2, 0) is 11.3 Å². The van der Waals surface area contributed by atoms with Crippen molar-refractivity contribution in [1.29, 1.82) is 0 Å². The molecule has 1 aromatic carbocycles. The van der Waals surface area contributed by atoms with Crippen molar-refractivity contribution < 1.29 is 14.3 Å². The largest absolute Gasteiger partial charge is 0.454 e. The van der Waals surface area contributed by atoms with Gasteiger partial charge in [-0.25, -0.2) is 0 Å². The summed E-state index contributed by atoms with van der Waals surface area (Å²) in [6.07, 6.45) is 5.25. The molecule has 1 amide bonds. The van der Waals surface area contributed by atoms with Gasteiger partial charge in [0.25, 0.3) is 0 Å². The van der Waals surface area contributed by atoms with E-state index in [9.17, 15) is 4.79 Å². The highest BCUT2D eigenvalue weighted by Gasteiger charge is 2.50. The zero-order valence-electron chi connectivity index (χ0n) is 14.4. The van der Waals surface area contributed by atoms with Crippen LogP contribution in [0.15, 0.2) is 18.2 Å². The number of carbonyl (C=O) groups is 1. The van der Waals surface area contributed by atoms with E-state index in [2.05, 4.69) is 28.9 Å². The number of amides is 1. The van der Waals surface area contributed by atoms with Crippen molar-refractivity contribution in [2.24, 2.45) is 0 Å². The highest BCUT2D eigenvalue weighted by atomic mass is 16.7. The summed E-state index contributed by atoms with van der Waals surface area (Å²) in [5.41, 5.74) is 0.921. The molecule has 4 rings (SSSR count). The fraction of sp³-hybridized carbons (Fsp3) is 0.632. The number of fused-ring (bicyclic) bond motifs is 1. The lowest BCUT2D eigenvalue weighted by Crippen LogP contribution is -2.59. The van der Waals surface area contributed by atoms with Crippen molar-refractivity contribution in [2.45, 2.75) is 51.1 Å². The van der Waals surface area contributed by atoms with E-state index in [1.54, 1.807) is 0 Å². The Balaban J connectivity index is 1.55. The molecule has 3 aliphatic heterocycles. The monoisotopic (exact) mass is 330 g/mol. The molecule has 130 valence electrons. The van der Waals surface area contributed by atoms with Gasteiger partial charge in [-0.2, -0.15) is 0 Å². The number of carbonyl (C=O) groups excluding carboxylic acids is 1. The van der Waals surface area contributed by atoms with E-state index in [0.29, 0.717) is 12.7 Å². The predicted octanol–water partition coefficient (Wildman–Crippen LogP) is 2.78. The highest BCUT2D eigenvalue weighted by Crippen LogP contribution is 2.40. The van der Waals surface area contributed by atoms with Crippen LogP contribution in [0.5, 0.6) is 11.5 Å². The molecule has 3 aliphatic rings. The molecule has 5 nitrogen and oxygen atoms in total. The Bertz CT molecular complexity index is 631. The van der Waals surface area contributed by atoms with Gasteiger partial charge in [-0.05, 0) is 56.3 Å². The molecule has 3 heterocycles. The van der Waals surface area contributed by atoms with Crippen LogP contribution >= 0.6 is 0 Å². The van der Waals surface area contributed by atoms with E-state index < -0.39 is 0 Å². The molecule has 1 aromatic rings. The third kappa shape index (κ3) is 2.55. The van der Waals surface area contributed by atoms with Gasteiger partial charge in [-0.1, -0.05) is 13.0 Å². The van der Waals surface area contributed by atoms with Crippen LogP contribution in [0.4, 0.5) is 0 Å². The van der Waals surface area contributed by atoms with Crippen LogP contribution in [0.25, 0.3) is 0 Å². The maximum Gasteiger partial charge on any atom is 0.243 e. The molecule has 2 fully saturated rings. The van der Waals surface area contributed by atoms with E-state index in [-0.39, 0.29) is 5.54 Å². The number of piperidine rings is 1. The molecule has 1 spiro atoms. The fourth-order valence-corrected chi connectivity index (χ4v) is 4.50. The zero-order valence-corrected chi connectivity index (χ0v) is 14.4. The van der Waals surface area contributed by atoms with Crippen LogP contribution in [-0.4, -0.2) is 47.7 Å². The van der Waals surface area contributed by atoms with Gasteiger partial charge in [0.1, 0.15) is 5.54 Å². The molecule has 24 heavy (non-hydrogen) atoms. The Hall–Kier alpha value is -1.75. The van der Waals surface area contributed by atoms with Crippen molar-refractivity contribution in [3.05, 3.63) is 23.8 Å². The molecule has 1 unspecified atom stereocenters. The molecule has 0 aliphatic carbocycles. The zero-order chi connectivity index (χ0) is 16.6. The molecule has 0 radical (unpaired) electrons. The minimum atomic E-state index is -0.274. The van der Waals surface area contributed by atoms with Crippen LogP contribution < -0.4 is 9.47 Å². The van der Waals surface area contributed by atoms with Crippen LogP contribution in [0.3, 0.4) is 0 Å². The SMILES string of the molecule is CCCN1CCCC2(CCCN2Cc2ccc3c(c2)OCO3)C1=O. The predicted molar refractivity (Wildman–Crippen MR) is 91.0 cm³/mol. The summed E-state index contributed by atoms with van der Waals surface area (Å²) in [5.74, 6) is 2.00. The Morgan fingerprint density at radius 2 is 1.92 bits per heavy atom. The maximum absolute atomic E-state index is 13.2. The Kier molecular flexibility index (Phi) is 4.12. The minimum absolute atomic E-state index is 0.274. The summed E-state index contributed by atoms with van der Waals surface area (Å²) in [6.45, 7) is 6.07. The van der Waals surface area contributed by atoms with E-state index in [1.807, 2.05) is 6.07 Å². The summed E-state index contributed by atoms with van der Waals surface area (Å²) in [6, 6.07) is 6.13. The number of ether oxygens (including phenoxy) is 2. The van der Waals surface area contributed by atoms with Crippen molar-refractivity contribution in [1.82, 2.24) is 9.80 Å². The molecular formula is C19H26N2O3. The van der Waals surface area contributed by atoms with Gasteiger partial charge in [0, 0.05) is 19.6 Å². The third-order valence-electron chi connectivity index (χ3n) is 5.63. The van der Waals surface area contributed by atoms with E-state index >= 15 is 0 Å². The molecule has 5 heteroatoms. The average molecular weight is 330 g/mol. The van der Waals surface area contributed by atoms with Crippen molar-refractivity contribution in [3.8, 4) is 11.5 Å². The first-order valence-electron chi connectivity index (χ1n) is 9.16. The van der Waals surface area contributed by atoms with Gasteiger partial charge < -0.3 is 14.4 Å². The van der Waals surface area contributed by atoms with Gasteiger partial charge in [0.2, 0.25) is 12.7 Å². The first-order chi connectivity index (χ1) is 11.7. The van der Waals surface area contributed by atoms with Crippen LogP contribution in [0.1, 0.15) is 44.6 Å². The topological polar surface area (TPSA) is 42.0 Å². The maximum atomic E-state index is 13.2. The smallest absolute Gasteiger partial charge is 0.243 e. The molecule has 0 N–H and O–H groups in total. The fourth-order valence-electron chi connectivity index (χ4n) is 4.50. The first-order valence-corrected chi connectivity index (χ1v) is 9.16. The van der Waals surface area contributed by atoms with Gasteiger partial charge in [-0.3, -0.25) is 9.69 Å². The number of rotatable bonds is 4. The Morgan fingerprint density at radius 3 is 2.75 bits per heavy atom. The lowest BCUT2D eigenvalue weighted by atomic mass is 9.85. The number of likely N-dealkylation sites (tertiary alicyclic amines) is 2. The van der Waals surface area contributed by atoms with Crippen molar-refractivity contribution >= 4 is 5.91 Å². The van der Waals surface area contributed by atoms with Gasteiger partial charge in [-0.15, -0.1) is 0 Å². The number of benzene rings is 1. The van der Waals surface area contributed by atoms with E-state index in [0.717, 1.165) is 69.8 Å². The van der Waals surface area contributed by atoms with Gasteiger partial charge in [0.15, 0.2) is 11.5 Å². The molecule has 1 atom stereocenters. The molecular weight excluding hydrogens is 304 g/mol. The van der Waals surface area contributed by atoms with Crippen LogP contribution in [0, 0.1) is 0 Å². The molecule has 0 aromatic heterocycles. The molecule has 0 saturated carbocycles. The Morgan fingerprint density at radius 1 is 1.12 bits per heavy atom. The lowest BCUT2D eigenvalue weighted by molar-refractivity contribution is -0.147. The normalized spacial score (nSPS) is 26.5. The standard InChI is InChI=1S/C19H26N2O3/c1-2-9-20-10-3-7-19(18(20)22)8-4-11-21(19)13-15-5-6-16-17(12-15)24-14-23-16/h5-6,12H,2-4,7-11,13-14H2,1H3. The molecule has 0 bridgehead atoms.